The van der Waals surface area contributed by atoms with Crippen LogP contribution in [0.15, 0.2) is 48.5 Å². The van der Waals surface area contributed by atoms with Gasteiger partial charge in [0.05, 0.1) is 6.61 Å². The van der Waals surface area contributed by atoms with Gasteiger partial charge in [0.25, 0.3) is 0 Å². The number of amides is 2. The first-order valence-electron chi connectivity index (χ1n) is 13.3. The highest BCUT2D eigenvalue weighted by Crippen LogP contribution is 2.25. The Morgan fingerprint density at radius 1 is 0.714 bits per heavy atom. The minimum atomic E-state index is -0.297. The second kappa shape index (κ2) is 17.5. The molecule has 0 spiro atoms. The quantitative estimate of drug-likeness (QED) is 0.201. The standard InChI is InChI=1S/C29H44N2O4/c1-2-3-4-5-6-7-8-11-22-31(29(30)33)23-12-9-10-13-24-34-26-18-20-28(21-19-26)35-27-16-14-25(32)15-17-27/h14-21,32H,2-13,22-24H2,1H3,(H2,30,33). The Kier molecular flexibility index (Phi) is 14.2. The second-order valence-electron chi connectivity index (χ2n) is 9.13. The lowest BCUT2D eigenvalue weighted by Crippen LogP contribution is -2.37. The number of primary amides is 1. The van der Waals surface area contributed by atoms with Crippen molar-refractivity contribution in [1.29, 1.82) is 0 Å². The van der Waals surface area contributed by atoms with E-state index < -0.39 is 0 Å². The van der Waals surface area contributed by atoms with E-state index in [1.54, 1.807) is 29.2 Å². The summed E-state index contributed by atoms with van der Waals surface area (Å²) in [6.45, 7) is 4.43. The molecule has 0 unspecified atom stereocenters. The number of carbonyl (C=O) groups is 1. The van der Waals surface area contributed by atoms with Gasteiger partial charge in [0, 0.05) is 13.1 Å². The number of phenolic OH excluding ortho intramolecular Hbond substituents is 1. The van der Waals surface area contributed by atoms with E-state index in [-0.39, 0.29) is 11.8 Å². The van der Waals surface area contributed by atoms with Gasteiger partial charge >= 0.3 is 6.03 Å². The molecule has 2 rings (SSSR count). The molecule has 0 saturated heterocycles. The lowest BCUT2D eigenvalue weighted by Gasteiger charge is -2.20. The van der Waals surface area contributed by atoms with Crippen molar-refractivity contribution >= 4 is 6.03 Å². The molecule has 2 amide bonds. The predicted octanol–water partition coefficient (Wildman–Crippen LogP) is 7.65. The van der Waals surface area contributed by atoms with Crippen molar-refractivity contribution in [2.45, 2.75) is 84.0 Å². The molecule has 194 valence electrons. The van der Waals surface area contributed by atoms with E-state index in [0.29, 0.717) is 18.1 Å². The van der Waals surface area contributed by atoms with Gasteiger partial charge in [-0.1, -0.05) is 64.7 Å². The summed E-state index contributed by atoms with van der Waals surface area (Å²) in [7, 11) is 0. The summed E-state index contributed by atoms with van der Waals surface area (Å²) < 4.78 is 11.6. The number of urea groups is 1. The van der Waals surface area contributed by atoms with Gasteiger partial charge < -0.3 is 25.2 Å². The highest BCUT2D eigenvalue weighted by molar-refractivity contribution is 5.71. The molecule has 0 heterocycles. The number of ether oxygens (including phenoxy) is 2. The fraction of sp³-hybridized carbons (Fsp3) is 0.552. The normalized spacial score (nSPS) is 10.8. The molecule has 6 nitrogen and oxygen atoms in total. The topological polar surface area (TPSA) is 85.0 Å². The highest BCUT2D eigenvalue weighted by atomic mass is 16.5. The maximum absolute atomic E-state index is 11.7. The summed E-state index contributed by atoms with van der Waals surface area (Å²) >= 11 is 0. The Morgan fingerprint density at radius 3 is 1.71 bits per heavy atom. The molecule has 0 aromatic heterocycles. The third-order valence-electron chi connectivity index (χ3n) is 6.08. The summed E-state index contributed by atoms with van der Waals surface area (Å²) in [6, 6.07) is 13.9. The van der Waals surface area contributed by atoms with E-state index in [2.05, 4.69) is 6.92 Å². The number of benzene rings is 2. The van der Waals surface area contributed by atoms with Crippen LogP contribution in [0.2, 0.25) is 0 Å². The van der Waals surface area contributed by atoms with E-state index in [9.17, 15) is 9.90 Å². The number of rotatable bonds is 19. The van der Waals surface area contributed by atoms with E-state index >= 15 is 0 Å². The maximum atomic E-state index is 11.7. The zero-order chi connectivity index (χ0) is 25.1. The van der Waals surface area contributed by atoms with Crippen molar-refractivity contribution in [2.24, 2.45) is 5.73 Å². The molecule has 0 atom stereocenters. The van der Waals surface area contributed by atoms with Crippen LogP contribution >= 0.6 is 0 Å². The van der Waals surface area contributed by atoms with E-state index in [1.165, 1.54) is 44.9 Å². The number of phenols is 1. The molecule has 0 aliphatic heterocycles. The zero-order valence-corrected chi connectivity index (χ0v) is 21.4. The minimum Gasteiger partial charge on any atom is -0.508 e. The van der Waals surface area contributed by atoms with Crippen molar-refractivity contribution in [3.8, 4) is 23.0 Å². The summed E-state index contributed by atoms with van der Waals surface area (Å²) in [5.41, 5.74) is 5.57. The van der Waals surface area contributed by atoms with Gasteiger partial charge in [-0.05, 0) is 67.8 Å². The van der Waals surface area contributed by atoms with Crippen LogP contribution in [0.4, 0.5) is 4.79 Å². The van der Waals surface area contributed by atoms with Crippen LogP contribution in [0, 0.1) is 0 Å². The molecular formula is C29H44N2O4. The van der Waals surface area contributed by atoms with Crippen LogP contribution in [0.25, 0.3) is 0 Å². The molecule has 0 radical (unpaired) electrons. The number of carbonyl (C=O) groups excluding carboxylic acids is 1. The SMILES string of the molecule is CCCCCCCCCCN(CCCCCCOc1ccc(Oc2ccc(O)cc2)cc1)C(N)=O. The molecule has 6 heteroatoms. The molecule has 3 N–H and O–H groups in total. The average Bonchev–Trinajstić information content (AvgIpc) is 2.86. The van der Waals surface area contributed by atoms with Crippen LogP contribution < -0.4 is 15.2 Å². The van der Waals surface area contributed by atoms with Gasteiger partial charge in [0.2, 0.25) is 0 Å². The Bertz CT molecular complexity index is 808. The molecule has 0 bridgehead atoms. The first kappa shape index (κ1) is 28.3. The Labute approximate surface area is 211 Å². The van der Waals surface area contributed by atoms with Crippen molar-refractivity contribution in [1.82, 2.24) is 4.90 Å². The number of aromatic hydroxyl groups is 1. The van der Waals surface area contributed by atoms with E-state index in [1.807, 2.05) is 24.3 Å². The van der Waals surface area contributed by atoms with Crippen LogP contribution in [0.1, 0.15) is 84.0 Å². The average molecular weight is 485 g/mol. The maximum Gasteiger partial charge on any atom is 0.314 e. The van der Waals surface area contributed by atoms with Crippen LogP contribution in [-0.2, 0) is 0 Å². The smallest absolute Gasteiger partial charge is 0.314 e. The number of unbranched alkanes of at least 4 members (excludes halogenated alkanes) is 10. The van der Waals surface area contributed by atoms with Crippen molar-refractivity contribution in [3.05, 3.63) is 48.5 Å². The fourth-order valence-electron chi connectivity index (χ4n) is 3.97. The Morgan fingerprint density at radius 2 is 1.17 bits per heavy atom. The summed E-state index contributed by atoms with van der Waals surface area (Å²) in [5, 5.41) is 9.34. The summed E-state index contributed by atoms with van der Waals surface area (Å²) in [6.07, 6.45) is 14.2. The van der Waals surface area contributed by atoms with Crippen LogP contribution in [0.5, 0.6) is 23.0 Å². The van der Waals surface area contributed by atoms with Crippen molar-refractivity contribution in [2.75, 3.05) is 19.7 Å². The first-order chi connectivity index (χ1) is 17.1. The molecule has 2 aromatic rings. The third-order valence-corrected chi connectivity index (χ3v) is 6.08. The Balaban J connectivity index is 1.50. The van der Waals surface area contributed by atoms with Crippen LogP contribution in [0.3, 0.4) is 0 Å². The van der Waals surface area contributed by atoms with Crippen LogP contribution in [-0.4, -0.2) is 35.7 Å². The molecule has 0 aliphatic rings. The van der Waals surface area contributed by atoms with Gasteiger partial charge in [-0.3, -0.25) is 0 Å². The van der Waals surface area contributed by atoms with Gasteiger partial charge in [0.1, 0.15) is 23.0 Å². The number of hydrogen-bond acceptors (Lipinski definition) is 4. The van der Waals surface area contributed by atoms with E-state index in [0.717, 1.165) is 50.9 Å². The van der Waals surface area contributed by atoms with Gasteiger partial charge in [0.15, 0.2) is 0 Å². The first-order valence-corrected chi connectivity index (χ1v) is 13.3. The number of nitrogens with zero attached hydrogens (tertiary/aromatic N) is 1. The minimum absolute atomic E-state index is 0.213. The highest BCUT2D eigenvalue weighted by Gasteiger charge is 2.08. The van der Waals surface area contributed by atoms with E-state index in [4.69, 9.17) is 15.2 Å². The van der Waals surface area contributed by atoms with Gasteiger partial charge in [-0.15, -0.1) is 0 Å². The Hall–Kier alpha value is -2.89. The second-order valence-corrected chi connectivity index (χ2v) is 9.13. The van der Waals surface area contributed by atoms with Crippen molar-refractivity contribution in [3.63, 3.8) is 0 Å². The largest absolute Gasteiger partial charge is 0.508 e. The summed E-state index contributed by atoms with van der Waals surface area (Å²) in [5.74, 6) is 2.41. The molecule has 0 aliphatic carbocycles. The van der Waals surface area contributed by atoms with Gasteiger partial charge in [-0.2, -0.15) is 0 Å². The molecule has 0 saturated carbocycles. The third kappa shape index (κ3) is 13.0. The lowest BCUT2D eigenvalue weighted by atomic mass is 10.1. The molecule has 35 heavy (non-hydrogen) atoms. The van der Waals surface area contributed by atoms with Gasteiger partial charge in [-0.25, -0.2) is 4.79 Å². The van der Waals surface area contributed by atoms with Crippen molar-refractivity contribution < 1.29 is 19.4 Å². The summed E-state index contributed by atoms with van der Waals surface area (Å²) in [4.78, 5) is 13.5. The lowest BCUT2D eigenvalue weighted by molar-refractivity contribution is 0.204. The monoisotopic (exact) mass is 484 g/mol. The molecular weight excluding hydrogens is 440 g/mol. The number of hydrogen-bond donors (Lipinski definition) is 2. The molecule has 2 aromatic carbocycles. The fourth-order valence-corrected chi connectivity index (χ4v) is 3.97. The number of nitrogens with two attached hydrogens (primary N) is 1. The molecule has 0 fully saturated rings. The predicted molar refractivity (Wildman–Crippen MR) is 142 cm³/mol. The zero-order valence-electron chi connectivity index (χ0n) is 21.4.